The summed E-state index contributed by atoms with van der Waals surface area (Å²) in [6.45, 7) is 1.97. The number of nitrogens with zero attached hydrogens (tertiary/aromatic N) is 1. The summed E-state index contributed by atoms with van der Waals surface area (Å²) in [4.78, 5) is 16.0. The number of pyridine rings is 1. The van der Waals surface area contributed by atoms with Gasteiger partial charge in [-0.1, -0.05) is 18.2 Å². The molecule has 0 unspecified atom stereocenters. The van der Waals surface area contributed by atoms with Crippen LogP contribution in [0.25, 0.3) is 11.3 Å². The highest BCUT2D eigenvalue weighted by Gasteiger charge is 2.47. The van der Waals surface area contributed by atoms with E-state index in [4.69, 9.17) is 5.73 Å². The number of hydrogen-bond acceptors (Lipinski definition) is 3. The zero-order valence-corrected chi connectivity index (χ0v) is 17.0. The lowest BCUT2D eigenvalue weighted by atomic mass is 9.51. The predicted octanol–water partition coefficient (Wildman–Crippen LogP) is 4.40. The quantitative estimate of drug-likeness (QED) is 0.690. The molecule has 4 saturated carbocycles. The van der Waals surface area contributed by atoms with Gasteiger partial charge in [0.2, 0.25) is 5.91 Å². The molecule has 1 heterocycles. The second-order valence-electron chi connectivity index (χ2n) is 9.56. The number of amides is 1. The summed E-state index contributed by atoms with van der Waals surface area (Å²) in [6.07, 6.45) is 10.9. The van der Waals surface area contributed by atoms with Crippen LogP contribution in [0.3, 0.4) is 0 Å². The van der Waals surface area contributed by atoms with Gasteiger partial charge in [-0.15, -0.1) is 0 Å². The third kappa shape index (κ3) is 3.95. The SMILES string of the molecule is NC(=O)c1cccc(-c2ccc(CNCCC3C4CC5CC(C4)CC3C5)cn2)c1. The lowest BCUT2D eigenvalue weighted by molar-refractivity contribution is -0.0393. The van der Waals surface area contributed by atoms with Gasteiger partial charge in [-0.05, 0) is 98.4 Å². The van der Waals surface area contributed by atoms with Crippen molar-refractivity contribution in [1.29, 1.82) is 0 Å². The second-order valence-corrected chi connectivity index (χ2v) is 9.56. The molecule has 4 fully saturated rings. The first-order valence-corrected chi connectivity index (χ1v) is 11.2. The van der Waals surface area contributed by atoms with Gasteiger partial charge in [-0.25, -0.2) is 0 Å². The van der Waals surface area contributed by atoms with Crippen LogP contribution in [0.4, 0.5) is 0 Å². The van der Waals surface area contributed by atoms with E-state index in [-0.39, 0.29) is 0 Å². The van der Waals surface area contributed by atoms with E-state index in [1.807, 2.05) is 24.4 Å². The van der Waals surface area contributed by atoms with Crippen LogP contribution in [0.15, 0.2) is 42.6 Å². The first kappa shape index (κ1) is 18.8. The standard InChI is InChI=1S/C25H31N3O/c26-25(29)20-3-1-2-19(13-20)24-5-4-16(15-28-24)14-27-7-6-23-21-9-17-8-18(11-21)12-22(23)10-17/h1-5,13,15,17-18,21-23,27H,6-12,14H2,(H2,26,29). The Hall–Kier alpha value is -2.20. The Balaban J connectivity index is 1.12. The van der Waals surface area contributed by atoms with Crippen LogP contribution in [-0.2, 0) is 6.54 Å². The van der Waals surface area contributed by atoms with Gasteiger partial charge in [0.1, 0.15) is 0 Å². The van der Waals surface area contributed by atoms with Crippen molar-refractivity contribution in [3.63, 3.8) is 0 Å². The zero-order chi connectivity index (χ0) is 19.8. The molecule has 152 valence electrons. The summed E-state index contributed by atoms with van der Waals surface area (Å²) in [5.74, 6) is 4.72. The number of nitrogens with one attached hydrogen (secondary N) is 1. The van der Waals surface area contributed by atoms with E-state index in [0.29, 0.717) is 5.56 Å². The van der Waals surface area contributed by atoms with Crippen molar-refractivity contribution in [3.05, 3.63) is 53.7 Å². The smallest absolute Gasteiger partial charge is 0.248 e. The molecule has 4 nitrogen and oxygen atoms in total. The minimum Gasteiger partial charge on any atom is -0.366 e. The van der Waals surface area contributed by atoms with Crippen molar-refractivity contribution < 1.29 is 4.79 Å². The molecule has 0 aliphatic heterocycles. The molecule has 3 N–H and O–H groups in total. The molecule has 2 aromatic rings. The normalized spacial score (nSPS) is 29.9. The molecular formula is C25H31N3O. The van der Waals surface area contributed by atoms with Crippen LogP contribution in [0.5, 0.6) is 0 Å². The van der Waals surface area contributed by atoms with E-state index in [1.165, 1.54) is 44.1 Å². The number of nitrogens with two attached hydrogens (primary N) is 1. The molecule has 1 aromatic heterocycles. The molecule has 1 aromatic carbocycles. The van der Waals surface area contributed by atoms with E-state index in [9.17, 15) is 4.79 Å². The number of benzene rings is 1. The first-order chi connectivity index (χ1) is 14.2. The summed E-state index contributed by atoms with van der Waals surface area (Å²) in [7, 11) is 0. The van der Waals surface area contributed by atoms with E-state index < -0.39 is 5.91 Å². The molecule has 4 heteroatoms. The molecule has 0 saturated heterocycles. The molecule has 0 atom stereocenters. The van der Waals surface area contributed by atoms with Crippen molar-refractivity contribution in [2.24, 2.45) is 35.3 Å². The monoisotopic (exact) mass is 389 g/mol. The zero-order valence-electron chi connectivity index (χ0n) is 17.0. The maximum absolute atomic E-state index is 11.4. The van der Waals surface area contributed by atoms with Crippen LogP contribution < -0.4 is 11.1 Å². The van der Waals surface area contributed by atoms with Gasteiger partial charge in [-0.3, -0.25) is 9.78 Å². The second kappa shape index (κ2) is 7.91. The summed E-state index contributed by atoms with van der Waals surface area (Å²) < 4.78 is 0. The molecule has 6 rings (SSSR count). The van der Waals surface area contributed by atoms with Gasteiger partial charge in [0, 0.05) is 23.9 Å². The van der Waals surface area contributed by atoms with Crippen LogP contribution in [0.1, 0.15) is 54.4 Å². The molecule has 4 aliphatic rings. The Morgan fingerprint density at radius 2 is 1.79 bits per heavy atom. The summed E-state index contributed by atoms with van der Waals surface area (Å²) in [5.41, 5.74) is 8.88. The molecule has 0 spiro atoms. The highest BCUT2D eigenvalue weighted by Crippen LogP contribution is 2.57. The van der Waals surface area contributed by atoms with Crippen LogP contribution in [0, 0.1) is 29.6 Å². The summed E-state index contributed by atoms with van der Waals surface area (Å²) in [6, 6.07) is 11.5. The Morgan fingerprint density at radius 3 is 2.45 bits per heavy atom. The molecule has 0 radical (unpaired) electrons. The third-order valence-corrected chi connectivity index (χ3v) is 7.67. The van der Waals surface area contributed by atoms with Crippen molar-refractivity contribution >= 4 is 5.91 Å². The molecule has 1 amide bonds. The Morgan fingerprint density at radius 1 is 1.03 bits per heavy atom. The largest absolute Gasteiger partial charge is 0.366 e. The molecule has 4 bridgehead atoms. The third-order valence-electron chi connectivity index (χ3n) is 7.67. The van der Waals surface area contributed by atoms with Gasteiger partial charge in [0.05, 0.1) is 5.69 Å². The number of hydrogen-bond donors (Lipinski definition) is 2. The maximum atomic E-state index is 11.4. The number of rotatable bonds is 7. The molecular weight excluding hydrogens is 358 g/mol. The van der Waals surface area contributed by atoms with Gasteiger partial charge in [0.15, 0.2) is 0 Å². The maximum Gasteiger partial charge on any atom is 0.248 e. The number of carbonyl (C=O) groups excluding carboxylic acids is 1. The van der Waals surface area contributed by atoms with E-state index in [1.54, 1.807) is 12.1 Å². The van der Waals surface area contributed by atoms with E-state index in [2.05, 4.69) is 16.4 Å². The Bertz CT molecular complexity index is 848. The Kier molecular flexibility index (Phi) is 5.13. The van der Waals surface area contributed by atoms with E-state index in [0.717, 1.165) is 53.9 Å². The topological polar surface area (TPSA) is 68.0 Å². The lowest BCUT2D eigenvalue weighted by Gasteiger charge is -2.54. The fourth-order valence-electron chi connectivity index (χ4n) is 6.54. The van der Waals surface area contributed by atoms with Crippen molar-refractivity contribution in [2.45, 2.75) is 45.1 Å². The Labute approximate surface area is 173 Å². The van der Waals surface area contributed by atoms with Crippen LogP contribution in [-0.4, -0.2) is 17.4 Å². The minimum atomic E-state index is -0.410. The van der Waals surface area contributed by atoms with Crippen molar-refractivity contribution in [2.75, 3.05) is 6.54 Å². The number of primary amides is 1. The van der Waals surface area contributed by atoms with Gasteiger partial charge < -0.3 is 11.1 Å². The summed E-state index contributed by atoms with van der Waals surface area (Å²) >= 11 is 0. The van der Waals surface area contributed by atoms with Gasteiger partial charge in [0.25, 0.3) is 0 Å². The van der Waals surface area contributed by atoms with E-state index >= 15 is 0 Å². The average molecular weight is 390 g/mol. The molecule has 29 heavy (non-hydrogen) atoms. The number of carbonyl (C=O) groups is 1. The highest BCUT2D eigenvalue weighted by atomic mass is 16.1. The number of aromatic nitrogens is 1. The minimum absolute atomic E-state index is 0.410. The van der Waals surface area contributed by atoms with Crippen molar-refractivity contribution in [3.8, 4) is 11.3 Å². The molecule has 4 aliphatic carbocycles. The first-order valence-electron chi connectivity index (χ1n) is 11.2. The van der Waals surface area contributed by atoms with Gasteiger partial charge in [-0.2, -0.15) is 0 Å². The van der Waals surface area contributed by atoms with Crippen LogP contribution >= 0.6 is 0 Å². The average Bonchev–Trinajstić information content (AvgIpc) is 2.73. The summed E-state index contributed by atoms with van der Waals surface area (Å²) in [5, 5.41) is 3.64. The van der Waals surface area contributed by atoms with Crippen molar-refractivity contribution in [1.82, 2.24) is 10.3 Å². The van der Waals surface area contributed by atoms with Crippen LogP contribution in [0.2, 0.25) is 0 Å². The fraction of sp³-hybridized carbons (Fsp3) is 0.520. The highest BCUT2D eigenvalue weighted by molar-refractivity contribution is 5.93. The van der Waals surface area contributed by atoms with Gasteiger partial charge >= 0.3 is 0 Å². The fourth-order valence-corrected chi connectivity index (χ4v) is 6.54. The predicted molar refractivity (Wildman–Crippen MR) is 115 cm³/mol. The lowest BCUT2D eigenvalue weighted by Crippen LogP contribution is -2.45.